The van der Waals surface area contributed by atoms with Gasteiger partial charge in [0.15, 0.2) is 0 Å². The van der Waals surface area contributed by atoms with E-state index in [9.17, 15) is 4.79 Å². The highest BCUT2D eigenvalue weighted by Crippen LogP contribution is 2.28. The number of carboxylic acid groups (broad SMARTS) is 1. The molecule has 1 aromatic carbocycles. The second-order valence-electron chi connectivity index (χ2n) is 2.72. The van der Waals surface area contributed by atoms with Crippen molar-refractivity contribution in [3.8, 4) is 0 Å². The van der Waals surface area contributed by atoms with Crippen LogP contribution < -0.4 is 0 Å². The smallest absolute Gasteiger partial charge is 0.307 e. The van der Waals surface area contributed by atoms with E-state index in [1.807, 2.05) is 19.1 Å². The molecule has 0 fully saturated rings. The molecule has 0 aromatic heterocycles. The summed E-state index contributed by atoms with van der Waals surface area (Å²) in [5.74, 6) is 0.0588. The predicted octanol–water partition coefficient (Wildman–Crippen LogP) is 3.08. The third-order valence-corrected chi connectivity index (χ3v) is 3.04. The molecule has 1 rings (SSSR count). The number of aliphatic carboxylic acids is 1. The van der Waals surface area contributed by atoms with Gasteiger partial charge in [-0.15, -0.1) is 11.8 Å². The third-order valence-electron chi connectivity index (χ3n) is 1.70. The molecule has 4 heteroatoms. The van der Waals surface area contributed by atoms with Crippen molar-refractivity contribution < 1.29 is 9.90 Å². The molecule has 0 aliphatic rings. The van der Waals surface area contributed by atoms with E-state index < -0.39 is 5.97 Å². The molecule has 76 valence electrons. The second kappa shape index (κ2) is 5.27. The fourth-order valence-electron chi connectivity index (χ4n) is 1.15. The maximum Gasteiger partial charge on any atom is 0.307 e. The van der Waals surface area contributed by atoms with Gasteiger partial charge in [0.25, 0.3) is 0 Å². The highest BCUT2D eigenvalue weighted by molar-refractivity contribution is 7.99. The van der Waals surface area contributed by atoms with Gasteiger partial charge in [0.05, 0.1) is 6.42 Å². The van der Waals surface area contributed by atoms with Crippen LogP contribution in [-0.4, -0.2) is 16.8 Å². The van der Waals surface area contributed by atoms with E-state index in [1.54, 1.807) is 17.8 Å². The van der Waals surface area contributed by atoms with Crippen LogP contribution in [0.5, 0.6) is 0 Å². The lowest BCUT2D eigenvalue weighted by atomic mass is 10.1. The summed E-state index contributed by atoms with van der Waals surface area (Å²) in [7, 11) is 0. The zero-order valence-electron chi connectivity index (χ0n) is 7.79. The Balaban J connectivity index is 3.02. The molecular formula is C10H11ClO2S. The van der Waals surface area contributed by atoms with Crippen molar-refractivity contribution in [1.82, 2.24) is 0 Å². The molecule has 2 nitrogen and oxygen atoms in total. The van der Waals surface area contributed by atoms with Gasteiger partial charge in [0.1, 0.15) is 0 Å². The lowest BCUT2D eigenvalue weighted by Gasteiger charge is -2.07. The van der Waals surface area contributed by atoms with Crippen LogP contribution in [0, 0.1) is 0 Å². The van der Waals surface area contributed by atoms with Gasteiger partial charge >= 0.3 is 5.97 Å². The van der Waals surface area contributed by atoms with Crippen LogP contribution in [0.25, 0.3) is 0 Å². The van der Waals surface area contributed by atoms with Gasteiger partial charge in [-0.3, -0.25) is 4.79 Å². The van der Waals surface area contributed by atoms with Crippen molar-refractivity contribution in [3.05, 3.63) is 28.8 Å². The Morgan fingerprint density at radius 1 is 1.57 bits per heavy atom. The van der Waals surface area contributed by atoms with E-state index in [0.717, 1.165) is 10.6 Å². The summed E-state index contributed by atoms with van der Waals surface area (Å²) >= 11 is 7.54. The standard InChI is InChI=1S/C10H11ClO2S/c1-2-14-9-5-3-4-8(11)7(9)6-10(12)13/h3-5H,2,6H2,1H3,(H,12,13). The van der Waals surface area contributed by atoms with E-state index in [-0.39, 0.29) is 6.42 Å². The molecule has 0 atom stereocenters. The number of rotatable bonds is 4. The van der Waals surface area contributed by atoms with Gasteiger partial charge in [0, 0.05) is 9.92 Å². The lowest BCUT2D eigenvalue weighted by Crippen LogP contribution is -2.02. The highest BCUT2D eigenvalue weighted by Gasteiger charge is 2.10. The third kappa shape index (κ3) is 2.93. The molecule has 0 heterocycles. The molecule has 0 aliphatic carbocycles. The van der Waals surface area contributed by atoms with Crippen molar-refractivity contribution in [1.29, 1.82) is 0 Å². The topological polar surface area (TPSA) is 37.3 Å². The number of carboxylic acids is 1. The first-order chi connectivity index (χ1) is 6.65. The number of hydrogen-bond donors (Lipinski definition) is 1. The number of halogens is 1. The molecule has 0 unspecified atom stereocenters. The van der Waals surface area contributed by atoms with Crippen LogP contribution >= 0.6 is 23.4 Å². The van der Waals surface area contributed by atoms with Gasteiger partial charge in [-0.2, -0.15) is 0 Å². The molecule has 14 heavy (non-hydrogen) atoms. The van der Waals surface area contributed by atoms with E-state index in [4.69, 9.17) is 16.7 Å². The van der Waals surface area contributed by atoms with Gasteiger partial charge in [-0.25, -0.2) is 0 Å². The van der Waals surface area contributed by atoms with Gasteiger partial charge in [0.2, 0.25) is 0 Å². The van der Waals surface area contributed by atoms with Crippen LogP contribution in [0.2, 0.25) is 5.02 Å². The Morgan fingerprint density at radius 2 is 2.29 bits per heavy atom. The van der Waals surface area contributed by atoms with Crippen molar-refractivity contribution in [3.63, 3.8) is 0 Å². The maximum absolute atomic E-state index is 10.6. The molecule has 0 aliphatic heterocycles. The minimum atomic E-state index is -0.851. The molecule has 1 N–H and O–H groups in total. The minimum Gasteiger partial charge on any atom is -0.481 e. The minimum absolute atomic E-state index is 0.0119. The van der Waals surface area contributed by atoms with Crippen LogP contribution in [-0.2, 0) is 11.2 Å². The number of thioether (sulfide) groups is 1. The van der Waals surface area contributed by atoms with Crippen molar-refractivity contribution >= 4 is 29.3 Å². The predicted molar refractivity (Wildman–Crippen MR) is 59.2 cm³/mol. The average Bonchev–Trinajstić information content (AvgIpc) is 2.11. The summed E-state index contributed by atoms with van der Waals surface area (Å²) < 4.78 is 0. The Labute approximate surface area is 92.3 Å². The number of benzene rings is 1. The maximum atomic E-state index is 10.6. The molecule has 1 aromatic rings. The van der Waals surface area contributed by atoms with Crippen molar-refractivity contribution in [2.45, 2.75) is 18.2 Å². The van der Waals surface area contributed by atoms with Crippen molar-refractivity contribution in [2.24, 2.45) is 0 Å². The first-order valence-corrected chi connectivity index (χ1v) is 5.63. The zero-order chi connectivity index (χ0) is 10.6. The molecule has 0 spiro atoms. The molecule has 0 radical (unpaired) electrons. The normalized spacial score (nSPS) is 10.1. The van der Waals surface area contributed by atoms with Gasteiger partial charge in [-0.05, 0) is 23.4 Å². The Kier molecular flexibility index (Phi) is 4.29. The first kappa shape index (κ1) is 11.4. The summed E-state index contributed by atoms with van der Waals surface area (Å²) in [5.41, 5.74) is 0.716. The second-order valence-corrected chi connectivity index (χ2v) is 4.43. The zero-order valence-corrected chi connectivity index (χ0v) is 9.36. The first-order valence-electron chi connectivity index (χ1n) is 4.27. The van der Waals surface area contributed by atoms with E-state index in [0.29, 0.717) is 10.6 Å². The van der Waals surface area contributed by atoms with Crippen LogP contribution in [0.15, 0.2) is 23.1 Å². The van der Waals surface area contributed by atoms with E-state index >= 15 is 0 Å². The molecule has 0 bridgehead atoms. The molecule has 0 amide bonds. The summed E-state index contributed by atoms with van der Waals surface area (Å²) in [5, 5.41) is 9.25. The SMILES string of the molecule is CCSc1cccc(Cl)c1CC(=O)O. The highest BCUT2D eigenvalue weighted by atomic mass is 35.5. The van der Waals surface area contributed by atoms with Crippen molar-refractivity contribution in [2.75, 3.05) is 5.75 Å². The Bertz CT molecular complexity index is 339. The molecule has 0 saturated heterocycles. The lowest BCUT2D eigenvalue weighted by molar-refractivity contribution is -0.136. The van der Waals surface area contributed by atoms with Crippen LogP contribution in [0.1, 0.15) is 12.5 Å². The number of hydrogen-bond acceptors (Lipinski definition) is 2. The Morgan fingerprint density at radius 3 is 2.86 bits per heavy atom. The largest absolute Gasteiger partial charge is 0.481 e. The number of carbonyl (C=O) groups is 1. The molecular weight excluding hydrogens is 220 g/mol. The average molecular weight is 231 g/mol. The summed E-state index contributed by atoms with van der Waals surface area (Å²) in [6.07, 6.45) is -0.0119. The van der Waals surface area contributed by atoms with Gasteiger partial charge in [-0.1, -0.05) is 24.6 Å². The van der Waals surface area contributed by atoms with Crippen LogP contribution in [0.3, 0.4) is 0 Å². The monoisotopic (exact) mass is 230 g/mol. The molecule has 0 saturated carbocycles. The quantitative estimate of drug-likeness (QED) is 0.808. The van der Waals surface area contributed by atoms with E-state index in [1.165, 1.54) is 0 Å². The fourth-order valence-corrected chi connectivity index (χ4v) is 2.29. The summed E-state index contributed by atoms with van der Waals surface area (Å²) in [6, 6.07) is 5.46. The summed E-state index contributed by atoms with van der Waals surface area (Å²) in [4.78, 5) is 11.6. The Hall–Kier alpha value is -0.670. The fraction of sp³-hybridized carbons (Fsp3) is 0.300. The van der Waals surface area contributed by atoms with Crippen LogP contribution in [0.4, 0.5) is 0 Å². The summed E-state index contributed by atoms with van der Waals surface area (Å²) in [6.45, 7) is 2.02. The van der Waals surface area contributed by atoms with E-state index in [2.05, 4.69) is 0 Å². The van der Waals surface area contributed by atoms with Gasteiger partial charge < -0.3 is 5.11 Å².